The van der Waals surface area contributed by atoms with Crippen LogP contribution in [0.3, 0.4) is 0 Å². The Kier molecular flexibility index (Phi) is 9.38. The smallest absolute Gasteiger partial charge is 0.322 e. The van der Waals surface area contributed by atoms with Gasteiger partial charge in [0.1, 0.15) is 18.6 Å². The fraction of sp³-hybridized carbons (Fsp3) is 0.500. The zero-order valence-electron chi connectivity index (χ0n) is 16.0. The Balaban J connectivity index is 2.82. The van der Waals surface area contributed by atoms with Crippen LogP contribution in [0.2, 0.25) is 0 Å². The number of aliphatic carboxylic acids is 2. The van der Waals surface area contributed by atoms with Gasteiger partial charge in [-0.1, -0.05) is 0 Å². The summed E-state index contributed by atoms with van der Waals surface area (Å²) in [5.74, 6) is -5.66. The van der Waals surface area contributed by atoms with E-state index in [9.17, 15) is 29.1 Å². The number of imidazole rings is 1. The van der Waals surface area contributed by atoms with Crippen molar-refractivity contribution in [2.24, 2.45) is 5.73 Å². The molecule has 0 radical (unpaired) electrons. The summed E-state index contributed by atoms with van der Waals surface area (Å²) in [5, 5.41) is 33.6. The average Bonchev–Trinajstić information content (AvgIpc) is 3.15. The van der Waals surface area contributed by atoms with Gasteiger partial charge >= 0.3 is 11.9 Å². The van der Waals surface area contributed by atoms with Crippen molar-refractivity contribution in [1.82, 2.24) is 25.9 Å². The molecule has 0 bridgehead atoms. The molecule has 166 valence electrons. The molecule has 0 aliphatic heterocycles. The number of nitrogens with zero attached hydrogens (tertiary/aromatic N) is 1. The number of nitrogens with two attached hydrogens (primary N) is 1. The monoisotopic (exact) mass is 428 g/mol. The van der Waals surface area contributed by atoms with Crippen LogP contribution in [0.15, 0.2) is 12.5 Å². The summed E-state index contributed by atoms with van der Waals surface area (Å²) in [4.78, 5) is 64.9. The molecule has 0 saturated heterocycles. The third-order valence-corrected chi connectivity index (χ3v) is 3.82. The molecular weight excluding hydrogens is 404 g/mol. The number of hydrogen-bond donors (Lipinski definition) is 8. The number of aromatic amines is 1. The van der Waals surface area contributed by atoms with Gasteiger partial charge in [-0.05, 0) is 6.92 Å². The summed E-state index contributed by atoms with van der Waals surface area (Å²) in [6, 6.07) is -4.30. The second-order valence-electron chi connectivity index (χ2n) is 6.38. The van der Waals surface area contributed by atoms with Gasteiger partial charge in [0.15, 0.2) is 0 Å². The molecule has 0 fully saturated rings. The molecule has 30 heavy (non-hydrogen) atoms. The molecular formula is C16H24N6O8. The second kappa shape index (κ2) is 11.5. The molecule has 4 unspecified atom stereocenters. The van der Waals surface area contributed by atoms with E-state index in [0.717, 1.165) is 6.92 Å². The summed E-state index contributed by atoms with van der Waals surface area (Å²) >= 11 is 0. The fourth-order valence-corrected chi connectivity index (χ4v) is 2.32. The molecule has 1 aromatic heterocycles. The number of rotatable bonds is 12. The van der Waals surface area contributed by atoms with Crippen LogP contribution < -0.4 is 21.7 Å². The van der Waals surface area contributed by atoms with E-state index in [1.165, 1.54) is 12.5 Å². The molecule has 0 spiro atoms. The Bertz CT molecular complexity index is 766. The third-order valence-electron chi connectivity index (χ3n) is 3.82. The van der Waals surface area contributed by atoms with Crippen molar-refractivity contribution in [3.63, 3.8) is 0 Å². The number of carboxylic acids is 2. The SMILES string of the molecule is CC(O)C(NC(=O)C(CC(=O)O)NC(=O)C(N)Cc1cnc[nH]1)C(=O)NCC(=O)O. The van der Waals surface area contributed by atoms with Gasteiger partial charge < -0.3 is 42.0 Å². The molecule has 4 atom stereocenters. The van der Waals surface area contributed by atoms with Crippen LogP contribution in [0, 0.1) is 0 Å². The van der Waals surface area contributed by atoms with Crippen LogP contribution in [0.4, 0.5) is 0 Å². The first-order chi connectivity index (χ1) is 14.0. The Morgan fingerprint density at radius 2 is 1.77 bits per heavy atom. The van der Waals surface area contributed by atoms with Crippen molar-refractivity contribution >= 4 is 29.7 Å². The molecule has 1 aromatic rings. The molecule has 1 heterocycles. The summed E-state index contributed by atoms with van der Waals surface area (Å²) < 4.78 is 0. The van der Waals surface area contributed by atoms with E-state index in [0.29, 0.717) is 5.69 Å². The maximum Gasteiger partial charge on any atom is 0.322 e. The van der Waals surface area contributed by atoms with Crippen molar-refractivity contribution in [3.8, 4) is 0 Å². The maximum atomic E-state index is 12.5. The van der Waals surface area contributed by atoms with E-state index in [1.54, 1.807) is 0 Å². The maximum absolute atomic E-state index is 12.5. The number of H-pyrrole nitrogens is 1. The van der Waals surface area contributed by atoms with E-state index in [1.807, 2.05) is 5.32 Å². The molecule has 0 saturated carbocycles. The summed E-state index contributed by atoms with van der Waals surface area (Å²) in [6.45, 7) is 0.409. The van der Waals surface area contributed by atoms with Gasteiger partial charge in [0, 0.05) is 18.3 Å². The lowest BCUT2D eigenvalue weighted by Crippen LogP contribution is -2.59. The van der Waals surface area contributed by atoms with Crippen molar-refractivity contribution in [3.05, 3.63) is 18.2 Å². The highest BCUT2D eigenvalue weighted by Gasteiger charge is 2.32. The minimum atomic E-state index is -1.60. The van der Waals surface area contributed by atoms with E-state index >= 15 is 0 Å². The first kappa shape index (κ1) is 24.5. The lowest BCUT2D eigenvalue weighted by Gasteiger charge is -2.24. The number of amides is 3. The Labute approximate surface area is 170 Å². The molecule has 0 aromatic carbocycles. The molecule has 3 amide bonds. The van der Waals surface area contributed by atoms with Crippen LogP contribution >= 0.6 is 0 Å². The quantitative estimate of drug-likeness (QED) is 0.162. The largest absolute Gasteiger partial charge is 0.481 e. The highest BCUT2D eigenvalue weighted by atomic mass is 16.4. The van der Waals surface area contributed by atoms with Crippen LogP contribution in [-0.4, -0.2) is 85.7 Å². The van der Waals surface area contributed by atoms with Crippen LogP contribution in [0.25, 0.3) is 0 Å². The third kappa shape index (κ3) is 8.24. The molecule has 14 heteroatoms. The molecule has 0 aliphatic carbocycles. The van der Waals surface area contributed by atoms with Gasteiger partial charge in [0.25, 0.3) is 0 Å². The van der Waals surface area contributed by atoms with E-state index < -0.39 is 66.9 Å². The second-order valence-corrected chi connectivity index (χ2v) is 6.38. The highest BCUT2D eigenvalue weighted by molar-refractivity contribution is 5.95. The number of aromatic nitrogens is 2. The summed E-state index contributed by atoms with van der Waals surface area (Å²) in [6.07, 6.45) is 0.606. The zero-order chi connectivity index (χ0) is 22.8. The van der Waals surface area contributed by atoms with Crippen LogP contribution in [0.5, 0.6) is 0 Å². The Hall–Kier alpha value is -3.52. The predicted octanol–water partition coefficient (Wildman–Crippen LogP) is -3.69. The van der Waals surface area contributed by atoms with Gasteiger partial charge in [0.05, 0.1) is 24.9 Å². The first-order valence-corrected chi connectivity index (χ1v) is 8.74. The normalized spacial score (nSPS) is 14.6. The van der Waals surface area contributed by atoms with Gasteiger partial charge in [-0.2, -0.15) is 0 Å². The van der Waals surface area contributed by atoms with E-state index in [-0.39, 0.29) is 6.42 Å². The number of carbonyl (C=O) groups excluding carboxylic acids is 3. The Morgan fingerprint density at radius 3 is 2.27 bits per heavy atom. The van der Waals surface area contributed by atoms with Crippen molar-refractivity contribution < 1.29 is 39.3 Å². The van der Waals surface area contributed by atoms with Crippen LogP contribution in [-0.2, 0) is 30.4 Å². The first-order valence-electron chi connectivity index (χ1n) is 8.74. The number of hydrogen-bond acceptors (Lipinski definition) is 8. The van der Waals surface area contributed by atoms with Gasteiger partial charge in [0.2, 0.25) is 17.7 Å². The van der Waals surface area contributed by atoms with Crippen molar-refractivity contribution in [1.29, 1.82) is 0 Å². The minimum absolute atomic E-state index is 0.0428. The number of aliphatic hydroxyl groups is 1. The number of carboxylic acid groups (broad SMARTS) is 2. The average molecular weight is 428 g/mol. The molecule has 0 aliphatic rings. The van der Waals surface area contributed by atoms with Gasteiger partial charge in [-0.15, -0.1) is 0 Å². The van der Waals surface area contributed by atoms with Crippen molar-refractivity contribution in [2.45, 2.75) is 44.0 Å². The lowest BCUT2D eigenvalue weighted by molar-refractivity contribution is -0.142. The number of aliphatic hydroxyl groups excluding tert-OH is 1. The number of nitrogens with one attached hydrogen (secondary N) is 4. The zero-order valence-corrected chi connectivity index (χ0v) is 16.0. The lowest BCUT2D eigenvalue weighted by atomic mass is 10.1. The fourth-order valence-electron chi connectivity index (χ4n) is 2.32. The molecule has 9 N–H and O–H groups in total. The van der Waals surface area contributed by atoms with Gasteiger partial charge in [-0.25, -0.2) is 4.98 Å². The van der Waals surface area contributed by atoms with E-state index in [2.05, 4.69) is 20.6 Å². The number of carbonyl (C=O) groups is 5. The standard InChI is InChI=1S/C16H24N6O8/c1-7(23)13(16(30)19-5-12(26)27)22-15(29)10(3-11(24)25)21-14(28)9(17)2-8-4-18-6-20-8/h4,6-7,9-10,13,23H,2-3,5,17H2,1H3,(H,18,20)(H,19,30)(H,21,28)(H,22,29)(H,24,25)(H,26,27). The highest BCUT2D eigenvalue weighted by Crippen LogP contribution is 2.01. The van der Waals surface area contributed by atoms with E-state index in [4.69, 9.17) is 15.9 Å². The van der Waals surface area contributed by atoms with Gasteiger partial charge in [-0.3, -0.25) is 24.0 Å². The summed E-state index contributed by atoms with van der Waals surface area (Å²) in [7, 11) is 0. The Morgan fingerprint density at radius 1 is 1.10 bits per heavy atom. The molecule has 14 nitrogen and oxygen atoms in total. The van der Waals surface area contributed by atoms with Crippen LogP contribution in [0.1, 0.15) is 19.0 Å². The minimum Gasteiger partial charge on any atom is -0.481 e. The molecule has 1 rings (SSSR count). The van der Waals surface area contributed by atoms with Crippen molar-refractivity contribution in [2.75, 3.05) is 6.54 Å². The predicted molar refractivity (Wildman–Crippen MR) is 98.7 cm³/mol. The summed E-state index contributed by atoms with van der Waals surface area (Å²) in [5.41, 5.74) is 6.30. The topological polar surface area (TPSA) is 237 Å².